The number of nitrogens with zero attached hydrogens (tertiary/aromatic N) is 1. The van der Waals surface area contributed by atoms with E-state index < -0.39 is 31.6 Å². The number of carboxylic acids is 1. The van der Waals surface area contributed by atoms with Crippen molar-refractivity contribution < 1.29 is 28.3 Å². The molecule has 3 rings (SSSR count). The van der Waals surface area contributed by atoms with Gasteiger partial charge in [0.1, 0.15) is 12.1 Å². The van der Waals surface area contributed by atoms with Crippen molar-refractivity contribution in [3.8, 4) is 0 Å². The number of amides is 1. The third-order valence-corrected chi connectivity index (χ3v) is 7.77. The second-order valence-electron chi connectivity index (χ2n) is 8.31. The van der Waals surface area contributed by atoms with E-state index in [4.69, 9.17) is 9.05 Å². The molecule has 33 heavy (non-hydrogen) atoms. The quantitative estimate of drug-likeness (QED) is 0.348. The fraction of sp³-hybridized carbons (Fsp3) is 0.440. The lowest BCUT2D eigenvalue weighted by molar-refractivity contribution is -0.151. The molecule has 2 aromatic carbocycles. The van der Waals surface area contributed by atoms with Gasteiger partial charge in [-0.05, 0) is 50.2 Å². The van der Waals surface area contributed by atoms with Gasteiger partial charge in [0.2, 0.25) is 0 Å². The average molecular weight is 474 g/mol. The van der Waals surface area contributed by atoms with Crippen LogP contribution in [-0.4, -0.2) is 46.7 Å². The Morgan fingerprint density at radius 1 is 1.06 bits per heavy atom. The minimum absolute atomic E-state index is 0.110. The smallest absolute Gasteiger partial charge is 0.331 e. The zero-order valence-electron chi connectivity index (χ0n) is 19.0. The van der Waals surface area contributed by atoms with E-state index in [1.807, 2.05) is 48.5 Å². The van der Waals surface area contributed by atoms with Gasteiger partial charge in [0, 0.05) is 6.54 Å². The first-order valence-electron chi connectivity index (χ1n) is 11.4. The first-order valence-corrected chi connectivity index (χ1v) is 13.1. The topological polar surface area (TPSA) is 93.1 Å². The lowest BCUT2D eigenvalue weighted by atomic mass is 10.1. The summed E-state index contributed by atoms with van der Waals surface area (Å²) in [6.45, 7) is 1.98. The molecule has 0 aliphatic carbocycles. The Hall–Kier alpha value is -2.47. The van der Waals surface area contributed by atoms with Crippen LogP contribution in [0.5, 0.6) is 0 Å². The number of unbranched alkanes of at least 4 members (excludes halogenated alkanes) is 1. The van der Waals surface area contributed by atoms with E-state index in [9.17, 15) is 19.3 Å². The van der Waals surface area contributed by atoms with Gasteiger partial charge in [-0.3, -0.25) is 13.9 Å². The molecular weight excluding hydrogens is 441 g/mol. The Balaban J connectivity index is 1.62. The minimum atomic E-state index is -3.59. The van der Waals surface area contributed by atoms with Crippen molar-refractivity contribution in [2.24, 2.45) is 0 Å². The predicted octanol–water partition coefficient (Wildman–Crippen LogP) is 4.90. The Kier molecular flexibility index (Phi) is 9.24. The number of carbonyl (C=O) groups excluding carboxylic acids is 1. The second-order valence-corrected chi connectivity index (χ2v) is 10.4. The Bertz CT molecular complexity index is 952. The number of hydrogen-bond donors (Lipinski definition) is 1. The van der Waals surface area contributed by atoms with Crippen molar-refractivity contribution in [1.82, 2.24) is 4.90 Å². The molecular formula is C25H32NO6P. The molecule has 2 unspecified atom stereocenters. The van der Waals surface area contributed by atoms with Crippen LogP contribution in [-0.2, 0) is 36.2 Å². The highest BCUT2D eigenvalue weighted by atomic mass is 31.2. The van der Waals surface area contributed by atoms with Crippen molar-refractivity contribution in [3.05, 3.63) is 71.8 Å². The molecule has 0 bridgehead atoms. The van der Waals surface area contributed by atoms with E-state index >= 15 is 0 Å². The predicted molar refractivity (Wildman–Crippen MR) is 126 cm³/mol. The molecule has 8 heteroatoms. The van der Waals surface area contributed by atoms with Crippen molar-refractivity contribution >= 4 is 19.5 Å². The highest BCUT2D eigenvalue weighted by molar-refractivity contribution is 7.53. The molecule has 0 aromatic heterocycles. The number of hydrogen-bond acceptors (Lipinski definition) is 5. The van der Waals surface area contributed by atoms with E-state index in [2.05, 4.69) is 12.1 Å². The summed E-state index contributed by atoms with van der Waals surface area (Å²) in [5.41, 5.74) is 2.06. The third-order valence-electron chi connectivity index (χ3n) is 5.75. The summed E-state index contributed by atoms with van der Waals surface area (Å²) in [5, 5.41) is 9.38. The SMILES string of the molecule is CC(OP(=O)(CCCCc1ccccc1)OCc1ccccc1)C(=O)N1CCC[C@H]1C(=O)O. The normalized spacial score (nSPS) is 18.6. The Morgan fingerprint density at radius 3 is 2.33 bits per heavy atom. The molecule has 1 amide bonds. The Labute approximate surface area is 195 Å². The highest BCUT2D eigenvalue weighted by Gasteiger charge is 2.38. The number of benzene rings is 2. The first-order chi connectivity index (χ1) is 15.9. The molecule has 7 nitrogen and oxygen atoms in total. The fourth-order valence-electron chi connectivity index (χ4n) is 3.98. The minimum Gasteiger partial charge on any atom is -0.480 e. The van der Waals surface area contributed by atoms with Crippen LogP contribution in [0.25, 0.3) is 0 Å². The molecule has 1 fully saturated rings. The third kappa shape index (κ3) is 7.53. The van der Waals surface area contributed by atoms with Gasteiger partial charge in [0.25, 0.3) is 5.91 Å². The van der Waals surface area contributed by atoms with E-state index in [0.717, 1.165) is 18.4 Å². The van der Waals surface area contributed by atoms with Crippen LogP contribution in [0.2, 0.25) is 0 Å². The van der Waals surface area contributed by atoms with Gasteiger partial charge >= 0.3 is 13.6 Å². The number of carboxylic acid groups (broad SMARTS) is 1. The van der Waals surface area contributed by atoms with Crippen LogP contribution >= 0.6 is 7.60 Å². The van der Waals surface area contributed by atoms with Gasteiger partial charge in [0.05, 0.1) is 12.8 Å². The van der Waals surface area contributed by atoms with Crippen molar-refractivity contribution in [2.45, 2.75) is 57.8 Å². The van der Waals surface area contributed by atoms with Crippen molar-refractivity contribution in [3.63, 3.8) is 0 Å². The number of aliphatic carboxylic acids is 1. The van der Waals surface area contributed by atoms with Crippen LogP contribution in [0.1, 0.15) is 43.7 Å². The summed E-state index contributed by atoms with van der Waals surface area (Å²) in [6, 6.07) is 18.6. The van der Waals surface area contributed by atoms with Gasteiger partial charge in [-0.2, -0.15) is 0 Å². The molecule has 1 aliphatic heterocycles. The summed E-state index contributed by atoms with van der Waals surface area (Å²) < 4.78 is 25.1. The molecule has 1 saturated heterocycles. The van der Waals surface area contributed by atoms with E-state index in [0.29, 0.717) is 25.8 Å². The molecule has 3 atom stereocenters. The molecule has 0 spiro atoms. The van der Waals surface area contributed by atoms with Gasteiger partial charge in [-0.1, -0.05) is 60.7 Å². The molecule has 0 saturated carbocycles. The lowest BCUT2D eigenvalue weighted by Gasteiger charge is -2.27. The van der Waals surface area contributed by atoms with E-state index in [1.165, 1.54) is 17.4 Å². The molecule has 1 heterocycles. The van der Waals surface area contributed by atoms with E-state index in [-0.39, 0.29) is 12.8 Å². The van der Waals surface area contributed by atoms with E-state index in [1.54, 1.807) is 0 Å². The molecule has 1 aliphatic rings. The standard InChI is InChI=1S/C25H32NO6P/c1-20(24(27)26-17-10-16-23(26)25(28)29)32-33(30,31-19-22-14-6-3-7-15-22)18-9-8-13-21-11-4-2-5-12-21/h2-7,11-12,14-15,20,23H,8-10,13,16-19H2,1H3,(H,28,29)/t20?,23-,33?/m0/s1. The average Bonchev–Trinajstić information content (AvgIpc) is 3.32. The fourth-order valence-corrected chi connectivity index (χ4v) is 5.80. The summed E-state index contributed by atoms with van der Waals surface area (Å²) in [7, 11) is -3.59. The maximum absolute atomic E-state index is 13.6. The first kappa shape index (κ1) is 25.2. The zero-order chi connectivity index (χ0) is 23.7. The van der Waals surface area contributed by atoms with Crippen LogP contribution in [0.15, 0.2) is 60.7 Å². The Morgan fingerprint density at radius 2 is 1.70 bits per heavy atom. The molecule has 1 N–H and O–H groups in total. The highest BCUT2D eigenvalue weighted by Crippen LogP contribution is 2.51. The van der Waals surface area contributed by atoms with Crippen molar-refractivity contribution in [2.75, 3.05) is 12.7 Å². The monoisotopic (exact) mass is 473 g/mol. The van der Waals surface area contributed by atoms with Gasteiger partial charge in [-0.25, -0.2) is 4.79 Å². The number of carbonyl (C=O) groups is 2. The van der Waals surface area contributed by atoms with Crippen LogP contribution < -0.4 is 0 Å². The summed E-state index contributed by atoms with van der Waals surface area (Å²) in [4.78, 5) is 25.7. The summed E-state index contributed by atoms with van der Waals surface area (Å²) in [5.74, 6) is -1.50. The summed E-state index contributed by atoms with van der Waals surface area (Å²) in [6.07, 6.45) is 2.44. The molecule has 0 radical (unpaired) electrons. The maximum atomic E-state index is 13.6. The van der Waals surface area contributed by atoms with Crippen LogP contribution in [0.3, 0.4) is 0 Å². The van der Waals surface area contributed by atoms with Gasteiger partial charge in [0.15, 0.2) is 0 Å². The molecule has 178 valence electrons. The maximum Gasteiger partial charge on any atom is 0.331 e. The number of aryl methyl sites for hydroxylation is 1. The number of rotatable bonds is 12. The lowest BCUT2D eigenvalue weighted by Crippen LogP contribution is -2.45. The van der Waals surface area contributed by atoms with Crippen LogP contribution in [0.4, 0.5) is 0 Å². The number of likely N-dealkylation sites (tertiary alicyclic amines) is 1. The molecule has 2 aromatic rings. The zero-order valence-corrected chi connectivity index (χ0v) is 19.9. The second kappa shape index (κ2) is 12.1. The van der Waals surface area contributed by atoms with Crippen molar-refractivity contribution in [1.29, 1.82) is 0 Å². The van der Waals surface area contributed by atoms with Gasteiger partial charge < -0.3 is 14.5 Å². The van der Waals surface area contributed by atoms with Gasteiger partial charge in [-0.15, -0.1) is 0 Å². The summed E-state index contributed by atoms with van der Waals surface area (Å²) >= 11 is 0. The van der Waals surface area contributed by atoms with Crippen LogP contribution in [0, 0.1) is 0 Å². The largest absolute Gasteiger partial charge is 0.480 e.